The first kappa shape index (κ1) is 21.2. The van der Waals surface area contributed by atoms with E-state index in [-0.39, 0.29) is 0 Å². The van der Waals surface area contributed by atoms with E-state index in [0.717, 1.165) is 16.7 Å². The fourth-order valence-corrected chi connectivity index (χ4v) is 2.65. The molecule has 0 aliphatic heterocycles. The predicted octanol–water partition coefficient (Wildman–Crippen LogP) is 2.89. The van der Waals surface area contributed by atoms with Gasteiger partial charge in [-0.25, -0.2) is 4.39 Å². The van der Waals surface area contributed by atoms with Crippen LogP contribution < -0.4 is 10.6 Å². The van der Waals surface area contributed by atoms with Gasteiger partial charge in [-0.3, -0.25) is 9.59 Å². The van der Waals surface area contributed by atoms with Crippen LogP contribution in [0.3, 0.4) is 0 Å². The number of rotatable bonds is 9. The van der Waals surface area contributed by atoms with Crippen LogP contribution >= 0.6 is 23.2 Å². The Balaban J connectivity index is 2.09. The monoisotopic (exact) mass is 412 g/mol. The van der Waals surface area contributed by atoms with E-state index in [4.69, 9.17) is 23.2 Å². The van der Waals surface area contributed by atoms with Gasteiger partial charge in [0.05, 0.1) is 6.04 Å². The van der Waals surface area contributed by atoms with Crippen molar-refractivity contribution in [3.8, 4) is 11.1 Å². The summed E-state index contributed by atoms with van der Waals surface area (Å²) < 4.78 is 13.2. The van der Waals surface area contributed by atoms with Gasteiger partial charge in [0.25, 0.3) is 5.91 Å². The number of amides is 2. The van der Waals surface area contributed by atoms with E-state index in [0.29, 0.717) is 18.5 Å². The summed E-state index contributed by atoms with van der Waals surface area (Å²) in [5.74, 6) is -0.763. The van der Waals surface area contributed by atoms with Gasteiger partial charge in [0.15, 0.2) is 4.84 Å². The van der Waals surface area contributed by atoms with E-state index in [2.05, 4.69) is 10.6 Å². The van der Waals surface area contributed by atoms with Crippen LogP contribution in [0.1, 0.15) is 17.2 Å². The van der Waals surface area contributed by atoms with Crippen molar-refractivity contribution in [1.29, 1.82) is 0 Å². The summed E-state index contributed by atoms with van der Waals surface area (Å²) in [5, 5.41) is 15.2. The maximum atomic E-state index is 13.2. The van der Waals surface area contributed by atoms with Gasteiger partial charge >= 0.3 is 0 Å². The third-order valence-electron chi connectivity index (χ3n) is 4.00. The van der Waals surface area contributed by atoms with Crippen LogP contribution in [0, 0.1) is 0 Å². The summed E-state index contributed by atoms with van der Waals surface area (Å²) in [5.41, 5.74) is 3.28. The third-order valence-corrected chi connectivity index (χ3v) is 4.40. The molecule has 0 aromatic heterocycles. The maximum Gasteiger partial charge on any atom is 0.253 e. The van der Waals surface area contributed by atoms with Crippen molar-refractivity contribution in [2.75, 3.05) is 6.67 Å². The molecule has 0 bridgehead atoms. The van der Waals surface area contributed by atoms with Crippen molar-refractivity contribution < 1.29 is 19.1 Å². The number of nitrogens with one attached hydrogen (secondary N) is 2. The van der Waals surface area contributed by atoms with Crippen molar-refractivity contribution in [1.82, 2.24) is 10.6 Å². The van der Waals surface area contributed by atoms with Gasteiger partial charge < -0.3 is 15.7 Å². The molecule has 2 rings (SSSR count). The van der Waals surface area contributed by atoms with Gasteiger partial charge in [-0.05, 0) is 22.3 Å². The minimum Gasteiger partial charge on any atom is -0.386 e. The number of aliphatic hydroxyl groups is 1. The Morgan fingerprint density at radius 3 is 2.11 bits per heavy atom. The van der Waals surface area contributed by atoms with Crippen LogP contribution in [0.25, 0.3) is 11.1 Å². The molecule has 2 amide bonds. The Kier molecular flexibility index (Phi) is 8.03. The van der Waals surface area contributed by atoms with Crippen LogP contribution in [0.4, 0.5) is 4.39 Å². The Morgan fingerprint density at radius 2 is 1.63 bits per heavy atom. The molecule has 0 fully saturated rings. The molecule has 0 saturated carbocycles. The van der Waals surface area contributed by atoms with Gasteiger partial charge in [-0.1, -0.05) is 71.7 Å². The molecule has 1 unspecified atom stereocenters. The van der Waals surface area contributed by atoms with Crippen LogP contribution in [-0.4, -0.2) is 35.0 Å². The van der Waals surface area contributed by atoms with E-state index in [1.54, 1.807) is 24.3 Å². The molecule has 5 nitrogen and oxygen atoms in total. The van der Waals surface area contributed by atoms with Crippen LogP contribution in [0.2, 0.25) is 0 Å². The highest BCUT2D eigenvalue weighted by Crippen LogP contribution is 2.24. The first-order chi connectivity index (χ1) is 13.0. The van der Waals surface area contributed by atoms with Crippen LogP contribution in [-0.2, 0) is 16.1 Å². The molecule has 0 spiro atoms. The van der Waals surface area contributed by atoms with E-state index in [1.807, 2.05) is 24.3 Å². The maximum absolute atomic E-state index is 13.2. The minimum absolute atomic E-state index is 0.453. The average molecular weight is 413 g/mol. The second-order valence-corrected chi connectivity index (χ2v) is 6.93. The van der Waals surface area contributed by atoms with E-state index in [9.17, 15) is 19.1 Å². The van der Waals surface area contributed by atoms with Gasteiger partial charge in [-0.2, -0.15) is 0 Å². The highest BCUT2D eigenvalue weighted by molar-refractivity contribution is 6.53. The van der Waals surface area contributed by atoms with Crippen LogP contribution in [0.5, 0.6) is 0 Å². The van der Waals surface area contributed by atoms with Crippen molar-refractivity contribution in [3.05, 3.63) is 59.7 Å². The molecule has 144 valence electrons. The minimum atomic E-state index is -1.33. The molecular formula is C19H19Cl2FN2O3. The zero-order chi connectivity index (χ0) is 19.8. The Bertz CT molecular complexity index is 755. The summed E-state index contributed by atoms with van der Waals surface area (Å²) in [6.07, 6.45) is -0.595. The number of benzene rings is 2. The largest absolute Gasteiger partial charge is 0.386 e. The summed E-state index contributed by atoms with van der Waals surface area (Å²) in [6, 6.07) is 13.4. The summed E-state index contributed by atoms with van der Waals surface area (Å²) in [4.78, 5) is 20.5. The number of carbonyl (C=O) groups excluding carboxylic acids is 2. The standard InChI is InChI=1S/C19H19Cl2FN2O3/c20-18(21)19(27)24-16(9-22)17(26)15-7-5-14(6-8-15)13-3-1-12(2-4-13)10-23-11-25/h1-8,11,16-18,26H,9-10H2,(H,23,25)(H,24,27)/t16?,17-/m1/s1. The lowest BCUT2D eigenvalue weighted by atomic mass is 9.98. The molecule has 0 saturated heterocycles. The fraction of sp³-hybridized carbons (Fsp3) is 0.263. The summed E-state index contributed by atoms with van der Waals surface area (Å²) in [7, 11) is 0. The third kappa shape index (κ3) is 5.92. The van der Waals surface area contributed by atoms with Crippen molar-refractivity contribution in [2.45, 2.75) is 23.5 Å². The predicted molar refractivity (Wildman–Crippen MR) is 103 cm³/mol. The SMILES string of the molecule is O=CNCc1ccc(-c2ccc([C@@H](O)C(CF)NC(=O)C(Cl)Cl)cc2)cc1. The summed E-state index contributed by atoms with van der Waals surface area (Å²) >= 11 is 10.9. The molecule has 2 atom stereocenters. The van der Waals surface area contributed by atoms with Gasteiger partial charge in [-0.15, -0.1) is 0 Å². The molecule has 0 heterocycles. The quantitative estimate of drug-likeness (QED) is 0.437. The van der Waals surface area contributed by atoms with E-state index < -0.39 is 29.6 Å². The molecule has 2 aromatic rings. The number of hydrogen-bond acceptors (Lipinski definition) is 3. The first-order valence-electron chi connectivity index (χ1n) is 8.15. The second-order valence-electron chi connectivity index (χ2n) is 5.83. The highest BCUT2D eigenvalue weighted by Gasteiger charge is 2.25. The molecular weight excluding hydrogens is 394 g/mol. The lowest BCUT2D eigenvalue weighted by Crippen LogP contribution is -2.43. The zero-order valence-electron chi connectivity index (χ0n) is 14.2. The van der Waals surface area contributed by atoms with Crippen molar-refractivity contribution >= 4 is 35.5 Å². The second kappa shape index (κ2) is 10.3. The molecule has 8 heteroatoms. The summed E-state index contributed by atoms with van der Waals surface area (Å²) in [6.45, 7) is -0.512. The molecule has 0 aliphatic rings. The van der Waals surface area contributed by atoms with Crippen molar-refractivity contribution in [2.24, 2.45) is 0 Å². The number of carbonyl (C=O) groups is 2. The number of hydrogen-bond donors (Lipinski definition) is 3. The molecule has 27 heavy (non-hydrogen) atoms. The van der Waals surface area contributed by atoms with Gasteiger partial charge in [0.2, 0.25) is 6.41 Å². The first-order valence-corrected chi connectivity index (χ1v) is 9.02. The Labute approximate surface area is 166 Å². The number of alkyl halides is 3. The van der Waals surface area contributed by atoms with Crippen molar-refractivity contribution in [3.63, 3.8) is 0 Å². The fourth-order valence-electron chi connectivity index (χ4n) is 2.53. The zero-order valence-corrected chi connectivity index (χ0v) is 15.8. The highest BCUT2D eigenvalue weighted by atomic mass is 35.5. The lowest BCUT2D eigenvalue weighted by Gasteiger charge is -2.22. The normalized spacial score (nSPS) is 13.1. The lowest BCUT2D eigenvalue weighted by molar-refractivity contribution is -0.121. The van der Waals surface area contributed by atoms with Crippen LogP contribution in [0.15, 0.2) is 48.5 Å². The molecule has 0 aliphatic carbocycles. The van der Waals surface area contributed by atoms with Gasteiger partial charge in [0, 0.05) is 6.54 Å². The van der Waals surface area contributed by atoms with E-state index >= 15 is 0 Å². The Morgan fingerprint density at radius 1 is 1.07 bits per heavy atom. The molecule has 2 aromatic carbocycles. The molecule has 3 N–H and O–H groups in total. The average Bonchev–Trinajstić information content (AvgIpc) is 2.70. The van der Waals surface area contributed by atoms with E-state index in [1.165, 1.54) is 0 Å². The number of aliphatic hydroxyl groups excluding tert-OH is 1. The molecule has 0 radical (unpaired) electrons. The smallest absolute Gasteiger partial charge is 0.253 e. The topological polar surface area (TPSA) is 78.4 Å². The number of halogens is 3. The Hall–Kier alpha value is -2.15. The van der Waals surface area contributed by atoms with Gasteiger partial charge in [0.1, 0.15) is 12.8 Å².